The molecule has 0 spiro atoms. The Hall–Kier alpha value is -1.55. The molecule has 1 aromatic rings. The number of carbonyl (C=O) groups excluding carboxylic acids is 1. The summed E-state index contributed by atoms with van der Waals surface area (Å²) in [4.78, 5) is 16.6. The summed E-state index contributed by atoms with van der Waals surface area (Å²) in [7, 11) is 0. The van der Waals surface area contributed by atoms with Gasteiger partial charge in [0.25, 0.3) is 0 Å². The van der Waals surface area contributed by atoms with Gasteiger partial charge < -0.3 is 10.2 Å². The molecule has 2 aliphatic rings. The van der Waals surface area contributed by atoms with Crippen LogP contribution in [0.25, 0.3) is 0 Å². The molecule has 102 valence electrons. The number of carbonyl (C=O) groups is 1. The monoisotopic (exact) mass is 259 g/mol. The minimum absolute atomic E-state index is 0.0791. The third kappa shape index (κ3) is 2.89. The highest BCUT2D eigenvalue weighted by Crippen LogP contribution is 2.21. The van der Waals surface area contributed by atoms with Gasteiger partial charge in [0.1, 0.15) is 0 Å². The molecule has 0 aromatic heterocycles. The molecule has 2 saturated heterocycles. The highest BCUT2D eigenvalue weighted by atomic mass is 16.2. The number of amides is 2. The summed E-state index contributed by atoms with van der Waals surface area (Å²) in [5, 5.41) is 3.02. The second kappa shape index (κ2) is 5.61. The van der Waals surface area contributed by atoms with Crippen LogP contribution < -0.4 is 5.32 Å². The van der Waals surface area contributed by atoms with Crippen molar-refractivity contribution in [3.8, 4) is 0 Å². The highest BCUT2D eigenvalue weighted by Gasteiger charge is 2.32. The number of piperazine rings is 1. The zero-order valence-electron chi connectivity index (χ0n) is 11.2. The summed E-state index contributed by atoms with van der Waals surface area (Å²) in [6.45, 7) is 4.61. The number of urea groups is 1. The summed E-state index contributed by atoms with van der Waals surface area (Å²) >= 11 is 0. The molecule has 0 bridgehead atoms. The largest absolute Gasteiger partial charge is 0.334 e. The standard InChI is InChI=1S/C15H21N3O/c19-15(16-11-13-5-2-1-3-6-13)18-10-9-17-8-4-7-14(17)12-18/h1-3,5-6,14H,4,7-12H2,(H,16,19). The topological polar surface area (TPSA) is 35.6 Å². The van der Waals surface area contributed by atoms with E-state index < -0.39 is 0 Å². The molecule has 3 rings (SSSR count). The first kappa shape index (κ1) is 12.5. The van der Waals surface area contributed by atoms with E-state index in [0.29, 0.717) is 12.6 Å². The van der Waals surface area contributed by atoms with Gasteiger partial charge in [0.2, 0.25) is 0 Å². The van der Waals surface area contributed by atoms with E-state index in [1.807, 2.05) is 35.2 Å². The van der Waals surface area contributed by atoms with Crippen molar-refractivity contribution in [2.45, 2.75) is 25.4 Å². The van der Waals surface area contributed by atoms with Gasteiger partial charge in [0.15, 0.2) is 0 Å². The van der Waals surface area contributed by atoms with Gasteiger partial charge in [-0.05, 0) is 24.9 Å². The zero-order chi connectivity index (χ0) is 13.1. The Labute approximate surface area is 114 Å². The van der Waals surface area contributed by atoms with Crippen molar-refractivity contribution in [1.29, 1.82) is 0 Å². The number of benzene rings is 1. The maximum absolute atomic E-state index is 12.2. The summed E-state index contributed by atoms with van der Waals surface area (Å²) in [5.74, 6) is 0. The van der Waals surface area contributed by atoms with Crippen molar-refractivity contribution >= 4 is 6.03 Å². The molecule has 4 nitrogen and oxygen atoms in total. The van der Waals surface area contributed by atoms with Crippen molar-refractivity contribution in [2.75, 3.05) is 26.2 Å². The van der Waals surface area contributed by atoms with Crippen LogP contribution in [0.3, 0.4) is 0 Å². The van der Waals surface area contributed by atoms with Crippen molar-refractivity contribution in [2.24, 2.45) is 0 Å². The van der Waals surface area contributed by atoms with Crippen LogP contribution in [0.1, 0.15) is 18.4 Å². The molecule has 0 saturated carbocycles. The van der Waals surface area contributed by atoms with E-state index in [1.54, 1.807) is 0 Å². The molecule has 0 aliphatic carbocycles. The SMILES string of the molecule is O=C(NCc1ccccc1)N1CCN2CCCC2C1. The molecule has 1 unspecified atom stereocenters. The zero-order valence-corrected chi connectivity index (χ0v) is 11.2. The Balaban J connectivity index is 1.50. The van der Waals surface area contributed by atoms with Crippen molar-refractivity contribution < 1.29 is 4.79 Å². The summed E-state index contributed by atoms with van der Waals surface area (Å²) in [5.41, 5.74) is 1.15. The lowest BCUT2D eigenvalue weighted by Gasteiger charge is -2.37. The van der Waals surface area contributed by atoms with Crippen LogP contribution in [0.5, 0.6) is 0 Å². The van der Waals surface area contributed by atoms with Crippen LogP contribution >= 0.6 is 0 Å². The first-order valence-corrected chi connectivity index (χ1v) is 7.14. The Morgan fingerprint density at radius 2 is 2.05 bits per heavy atom. The van der Waals surface area contributed by atoms with Gasteiger partial charge in [0.05, 0.1) is 0 Å². The van der Waals surface area contributed by atoms with E-state index in [4.69, 9.17) is 0 Å². The number of fused-ring (bicyclic) bond motifs is 1. The van der Waals surface area contributed by atoms with Gasteiger partial charge in [-0.3, -0.25) is 4.90 Å². The van der Waals surface area contributed by atoms with Crippen LogP contribution in [0.2, 0.25) is 0 Å². The van der Waals surface area contributed by atoms with Gasteiger partial charge in [-0.2, -0.15) is 0 Å². The van der Waals surface area contributed by atoms with E-state index in [-0.39, 0.29) is 6.03 Å². The van der Waals surface area contributed by atoms with E-state index in [0.717, 1.165) is 25.2 Å². The number of rotatable bonds is 2. The van der Waals surface area contributed by atoms with Crippen LogP contribution in [-0.2, 0) is 6.54 Å². The third-order valence-electron chi connectivity index (χ3n) is 4.16. The third-order valence-corrected chi connectivity index (χ3v) is 4.16. The minimum atomic E-state index is 0.0791. The molecule has 0 radical (unpaired) electrons. The maximum Gasteiger partial charge on any atom is 0.317 e. The minimum Gasteiger partial charge on any atom is -0.334 e. The molecule has 1 N–H and O–H groups in total. The van der Waals surface area contributed by atoms with E-state index >= 15 is 0 Å². The van der Waals surface area contributed by atoms with Gasteiger partial charge in [-0.15, -0.1) is 0 Å². The number of hydrogen-bond donors (Lipinski definition) is 1. The summed E-state index contributed by atoms with van der Waals surface area (Å²) < 4.78 is 0. The Morgan fingerprint density at radius 1 is 1.21 bits per heavy atom. The van der Waals surface area contributed by atoms with E-state index in [2.05, 4.69) is 10.2 Å². The molecule has 1 atom stereocenters. The number of nitrogens with one attached hydrogen (secondary N) is 1. The van der Waals surface area contributed by atoms with Crippen LogP contribution in [-0.4, -0.2) is 48.1 Å². The van der Waals surface area contributed by atoms with Crippen molar-refractivity contribution in [3.05, 3.63) is 35.9 Å². The second-order valence-electron chi connectivity index (χ2n) is 5.42. The van der Waals surface area contributed by atoms with E-state index in [1.165, 1.54) is 19.4 Å². The Kier molecular flexibility index (Phi) is 3.69. The molecule has 2 fully saturated rings. The van der Waals surface area contributed by atoms with E-state index in [9.17, 15) is 4.79 Å². The molecule has 2 amide bonds. The fraction of sp³-hybridized carbons (Fsp3) is 0.533. The normalized spacial score (nSPS) is 23.2. The lowest BCUT2D eigenvalue weighted by molar-refractivity contribution is 0.117. The van der Waals surface area contributed by atoms with Crippen LogP contribution in [0.4, 0.5) is 4.79 Å². The molecular formula is C15H21N3O. The summed E-state index contributed by atoms with van der Waals surface area (Å²) in [6, 6.07) is 10.7. The predicted octanol–water partition coefficient (Wildman–Crippen LogP) is 1.68. The Bertz CT molecular complexity index is 434. The fourth-order valence-corrected chi connectivity index (χ4v) is 3.06. The smallest absolute Gasteiger partial charge is 0.317 e. The number of nitrogens with zero attached hydrogens (tertiary/aromatic N) is 2. The van der Waals surface area contributed by atoms with Crippen molar-refractivity contribution in [1.82, 2.24) is 15.1 Å². The first-order chi connectivity index (χ1) is 9.33. The molecule has 4 heteroatoms. The lowest BCUT2D eigenvalue weighted by Crippen LogP contribution is -2.54. The van der Waals surface area contributed by atoms with Crippen LogP contribution in [0.15, 0.2) is 30.3 Å². The second-order valence-corrected chi connectivity index (χ2v) is 5.42. The van der Waals surface area contributed by atoms with Crippen LogP contribution in [0, 0.1) is 0 Å². The molecule has 2 aliphatic heterocycles. The average molecular weight is 259 g/mol. The molecular weight excluding hydrogens is 238 g/mol. The average Bonchev–Trinajstić information content (AvgIpc) is 2.93. The van der Waals surface area contributed by atoms with Crippen molar-refractivity contribution in [3.63, 3.8) is 0 Å². The number of hydrogen-bond acceptors (Lipinski definition) is 2. The molecule has 2 heterocycles. The van der Waals surface area contributed by atoms with Gasteiger partial charge in [-0.25, -0.2) is 4.79 Å². The lowest BCUT2D eigenvalue weighted by atomic mass is 10.1. The highest BCUT2D eigenvalue weighted by molar-refractivity contribution is 5.74. The van der Waals surface area contributed by atoms with Gasteiger partial charge in [-0.1, -0.05) is 30.3 Å². The first-order valence-electron chi connectivity index (χ1n) is 7.14. The fourth-order valence-electron chi connectivity index (χ4n) is 3.06. The molecule has 19 heavy (non-hydrogen) atoms. The Morgan fingerprint density at radius 3 is 2.89 bits per heavy atom. The molecule has 1 aromatic carbocycles. The summed E-state index contributed by atoms with van der Waals surface area (Å²) in [6.07, 6.45) is 2.52. The quantitative estimate of drug-likeness (QED) is 0.877. The predicted molar refractivity (Wildman–Crippen MR) is 74.8 cm³/mol. The maximum atomic E-state index is 12.2. The van der Waals surface area contributed by atoms with Gasteiger partial charge in [0, 0.05) is 32.2 Å². The van der Waals surface area contributed by atoms with Gasteiger partial charge >= 0.3 is 6.03 Å².